The predicted molar refractivity (Wildman–Crippen MR) is 166 cm³/mol. The summed E-state index contributed by atoms with van der Waals surface area (Å²) in [6.07, 6.45) is 13.9. The van der Waals surface area contributed by atoms with Gasteiger partial charge in [-0.15, -0.1) is 10.2 Å². The van der Waals surface area contributed by atoms with Crippen molar-refractivity contribution in [3.05, 3.63) is 53.1 Å². The summed E-state index contributed by atoms with van der Waals surface area (Å²) in [4.78, 5) is 21.0. The molecule has 2 aromatic heterocycles. The number of nitrogens with one attached hydrogen (secondary N) is 2. The number of ether oxygens (including phenoxy) is 1. The summed E-state index contributed by atoms with van der Waals surface area (Å²) >= 11 is 0. The molecule has 228 valence electrons. The number of cyclic esters (lactones) is 1. The first-order chi connectivity index (χ1) is 20.2. The zero-order valence-electron chi connectivity index (χ0n) is 25.9. The van der Waals surface area contributed by atoms with Gasteiger partial charge in [-0.2, -0.15) is 4.98 Å². The number of aliphatic hydroxyl groups is 1. The Kier molecular flexibility index (Phi) is 12.5. The van der Waals surface area contributed by atoms with Gasteiger partial charge in [0.05, 0.1) is 11.1 Å². The van der Waals surface area contributed by atoms with Crippen molar-refractivity contribution in [1.82, 2.24) is 20.2 Å². The largest absolute Gasteiger partial charge is 0.451 e. The molecule has 3 N–H and O–H groups in total. The quantitative estimate of drug-likeness (QED) is 0.101. The SMILES string of the molecule is C/C=C(\C)CCO.CCCCCCCCCc1nnc(-c2cnc(Nc3ccc4c(c3)C(C)(C)OC4=O)nc2NC)o1. The van der Waals surface area contributed by atoms with Gasteiger partial charge in [0.25, 0.3) is 5.89 Å². The molecule has 0 saturated heterocycles. The lowest BCUT2D eigenvalue weighted by Gasteiger charge is -2.18. The van der Waals surface area contributed by atoms with Crippen molar-refractivity contribution in [2.24, 2.45) is 0 Å². The molecule has 42 heavy (non-hydrogen) atoms. The fourth-order valence-electron chi connectivity index (χ4n) is 4.58. The Morgan fingerprint density at radius 2 is 1.81 bits per heavy atom. The summed E-state index contributed by atoms with van der Waals surface area (Å²) in [6.45, 7) is 10.2. The van der Waals surface area contributed by atoms with E-state index in [1.54, 1.807) is 19.3 Å². The van der Waals surface area contributed by atoms with Crippen molar-refractivity contribution in [2.45, 2.75) is 98.0 Å². The zero-order valence-corrected chi connectivity index (χ0v) is 25.9. The molecule has 0 amide bonds. The van der Waals surface area contributed by atoms with E-state index in [0.29, 0.717) is 34.7 Å². The number of aryl methyl sites for hydroxylation is 1. The van der Waals surface area contributed by atoms with Crippen molar-refractivity contribution in [1.29, 1.82) is 0 Å². The van der Waals surface area contributed by atoms with Gasteiger partial charge in [-0.05, 0) is 58.7 Å². The van der Waals surface area contributed by atoms with Gasteiger partial charge < -0.3 is 24.9 Å². The molecule has 1 aliphatic rings. The van der Waals surface area contributed by atoms with E-state index in [-0.39, 0.29) is 12.6 Å². The van der Waals surface area contributed by atoms with Crippen LogP contribution in [0.15, 0.2) is 40.5 Å². The molecule has 3 aromatic rings. The summed E-state index contributed by atoms with van der Waals surface area (Å²) in [5.41, 5.74) is 3.40. The number of benzene rings is 1. The highest BCUT2D eigenvalue weighted by Gasteiger charge is 2.37. The number of hydrogen-bond acceptors (Lipinski definition) is 10. The Morgan fingerprint density at radius 3 is 2.48 bits per heavy atom. The number of anilines is 3. The molecule has 0 unspecified atom stereocenters. The minimum absolute atomic E-state index is 0.274. The zero-order chi connectivity index (χ0) is 30.5. The Hall–Kier alpha value is -3.79. The van der Waals surface area contributed by atoms with Gasteiger partial charge in [0.1, 0.15) is 11.4 Å². The highest BCUT2D eigenvalue weighted by molar-refractivity contribution is 5.95. The average molecular weight is 579 g/mol. The first-order valence-electron chi connectivity index (χ1n) is 15.0. The van der Waals surface area contributed by atoms with Gasteiger partial charge in [-0.25, -0.2) is 9.78 Å². The van der Waals surface area contributed by atoms with E-state index >= 15 is 0 Å². The number of allylic oxidation sites excluding steroid dienone is 1. The molecule has 10 nitrogen and oxygen atoms in total. The van der Waals surface area contributed by atoms with Crippen LogP contribution in [0.1, 0.15) is 108 Å². The van der Waals surface area contributed by atoms with Crippen molar-refractivity contribution < 1.29 is 19.1 Å². The van der Waals surface area contributed by atoms with E-state index in [0.717, 1.165) is 30.5 Å². The number of aromatic nitrogens is 4. The second-order valence-electron chi connectivity index (χ2n) is 11.0. The maximum atomic E-state index is 12.0. The summed E-state index contributed by atoms with van der Waals surface area (Å²) < 4.78 is 11.3. The number of hydrogen-bond donors (Lipinski definition) is 3. The van der Waals surface area contributed by atoms with E-state index in [4.69, 9.17) is 14.3 Å². The lowest BCUT2D eigenvalue weighted by atomic mass is 9.95. The molecule has 0 fully saturated rings. The third kappa shape index (κ3) is 9.11. The molecular formula is C32H46N6O4. The summed E-state index contributed by atoms with van der Waals surface area (Å²) in [6, 6.07) is 5.46. The number of fused-ring (bicyclic) bond motifs is 1. The van der Waals surface area contributed by atoms with Crippen LogP contribution in [-0.4, -0.2) is 44.9 Å². The lowest BCUT2D eigenvalue weighted by Crippen LogP contribution is -2.16. The summed E-state index contributed by atoms with van der Waals surface area (Å²) in [5, 5.41) is 23.0. The Morgan fingerprint density at radius 1 is 1.07 bits per heavy atom. The van der Waals surface area contributed by atoms with Crippen LogP contribution in [0.25, 0.3) is 11.5 Å². The lowest BCUT2D eigenvalue weighted by molar-refractivity contribution is 0.00954. The number of aliphatic hydroxyl groups excluding tert-OH is 1. The van der Waals surface area contributed by atoms with Gasteiger partial charge >= 0.3 is 5.97 Å². The smallest absolute Gasteiger partial charge is 0.339 e. The van der Waals surface area contributed by atoms with Crippen molar-refractivity contribution in [3.63, 3.8) is 0 Å². The fraction of sp³-hybridized carbons (Fsp3) is 0.531. The first-order valence-corrected chi connectivity index (χ1v) is 15.0. The van der Waals surface area contributed by atoms with E-state index < -0.39 is 5.60 Å². The third-order valence-electron chi connectivity index (χ3n) is 7.21. The fourth-order valence-corrected chi connectivity index (χ4v) is 4.58. The monoisotopic (exact) mass is 578 g/mol. The molecule has 0 spiro atoms. The minimum Gasteiger partial charge on any atom is -0.451 e. The molecule has 0 atom stereocenters. The van der Waals surface area contributed by atoms with Gasteiger partial charge in [0.2, 0.25) is 11.8 Å². The Labute approximate surface area is 249 Å². The molecule has 3 heterocycles. The average Bonchev–Trinajstić information content (AvgIpc) is 3.54. The Bertz CT molecular complexity index is 1330. The summed E-state index contributed by atoms with van der Waals surface area (Å²) in [5.74, 6) is 1.71. The highest BCUT2D eigenvalue weighted by Crippen LogP contribution is 2.37. The van der Waals surface area contributed by atoms with E-state index in [1.807, 2.05) is 45.9 Å². The van der Waals surface area contributed by atoms with Crippen LogP contribution in [0.2, 0.25) is 0 Å². The van der Waals surface area contributed by atoms with Crippen molar-refractivity contribution >= 4 is 23.4 Å². The summed E-state index contributed by atoms with van der Waals surface area (Å²) in [7, 11) is 1.78. The number of unbranched alkanes of at least 4 members (excludes halogenated alkanes) is 6. The molecule has 0 bridgehead atoms. The van der Waals surface area contributed by atoms with Gasteiger partial charge in [0, 0.05) is 37.5 Å². The van der Waals surface area contributed by atoms with Crippen LogP contribution in [0.3, 0.4) is 0 Å². The molecule has 1 aromatic carbocycles. The number of nitrogens with zero attached hydrogens (tertiary/aromatic N) is 4. The molecule has 1 aliphatic heterocycles. The molecule has 4 rings (SSSR count). The van der Waals surface area contributed by atoms with Crippen LogP contribution in [0.5, 0.6) is 0 Å². The number of carbonyl (C=O) groups is 1. The third-order valence-corrected chi connectivity index (χ3v) is 7.21. The minimum atomic E-state index is -0.671. The number of carbonyl (C=O) groups excluding carboxylic acids is 1. The van der Waals surface area contributed by atoms with Gasteiger partial charge in [-0.1, -0.05) is 57.1 Å². The van der Waals surface area contributed by atoms with E-state index in [1.165, 1.54) is 44.1 Å². The van der Waals surface area contributed by atoms with Crippen LogP contribution in [0, 0.1) is 0 Å². The van der Waals surface area contributed by atoms with Crippen molar-refractivity contribution in [3.8, 4) is 11.5 Å². The highest BCUT2D eigenvalue weighted by atomic mass is 16.6. The number of esters is 1. The molecule has 0 saturated carbocycles. The maximum Gasteiger partial charge on any atom is 0.339 e. The second kappa shape index (κ2) is 16.0. The van der Waals surface area contributed by atoms with Gasteiger partial charge in [-0.3, -0.25) is 0 Å². The maximum absolute atomic E-state index is 12.0. The van der Waals surface area contributed by atoms with Crippen LogP contribution in [-0.2, 0) is 16.8 Å². The number of rotatable bonds is 14. The van der Waals surface area contributed by atoms with Crippen molar-refractivity contribution in [2.75, 3.05) is 24.3 Å². The first kappa shape index (κ1) is 32.7. The molecule has 0 radical (unpaired) electrons. The van der Waals surface area contributed by atoms with E-state index in [2.05, 4.69) is 37.7 Å². The molecule has 0 aliphatic carbocycles. The molecule has 10 heteroatoms. The predicted octanol–water partition coefficient (Wildman–Crippen LogP) is 7.35. The van der Waals surface area contributed by atoms with Crippen LogP contribution in [0.4, 0.5) is 17.5 Å². The van der Waals surface area contributed by atoms with Crippen LogP contribution < -0.4 is 10.6 Å². The van der Waals surface area contributed by atoms with E-state index in [9.17, 15) is 4.79 Å². The standard InChI is InChI=1S/C26H34N6O3.C6H12O/c1-5-6-7-8-9-10-11-12-21-31-32-23(34-21)19-16-28-25(30-22(19)27-4)29-17-13-14-18-20(15-17)26(2,3)35-24(18)33;1-3-6(2)4-5-7/h13-16H,5-12H2,1-4H3,(H2,27,28,29,30);3,7H,4-5H2,1-2H3/b;6-3+. The molecular weight excluding hydrogens is 532 g/mol. The Balaban J connectivity index is 0.000000616. The normalized spacial score (nSPS) is 13.7. The van der Waals surface area contributed by atoms with Gasteiger partial charge in [0.15, 0.2) is 0 Å². The van der Waals surface area contributed by atoms with Crippen LogP contribution >= 0.6 is 0 Å². The topological polar surface area (TPSA) is 135 Å². The second-order valence-corrected chi connectivity index (χ2v) is 11.0.